The fourth-order valence-electron chi connectivity index (χ4n) is 4.20. The van der Waals surface area contributed by atoms with Crippen LogP contribution >= 0.6 is 0 Å². The van der Waals surface area contributed by atoms with Crippen LogP contribution in [0.2, 0.25) is 0 Å². The average molecular weight is 354 g/mol. The molecule has 0 spiro atoms. The first-order chi connectivity index (χ1) is 12.7. The van der Waals surface area contributed by atoms with Gasteiger partial charge in [0.15, 0.2) is 0 Å². The highest BCUT2D eigenvalue weighted by molar-refractivity contribution is 5.68. The Morgan fingerprint density at radius 1 is 1.15 bits per heavy atom. The second kappa shape index (κ2) is 8.63. The summed E-state index contributed by atoms with van der Waals surface area (Å²) < 4.78 is 0. The van der Waals surface area contributed by atoms with Crippen LogP contribution in [-0.4, -0.2) is 34.8 Å². The summed E-state index contributed by atoms with van der Waals surface area (Å²) in [5.41, 5.74) is 3.27. The number of benzene rings is 1. The number of rotatable bonds is 7. The smallest absolute Gasteiger partial charge is 0.135 e. The third kappa shape index (κ3) is 4.07. The topological polar surface area (TPSA) is 49.2 Å². The van der Waals surface area contributed by atoms with E-state index in [9.17, 15) is 5.11 Å². The van der Waals surface area contributed by atoms with Crippen molar-refractivity contribution in [3.8, 4) is 11.3 Å². The molecule has 0 aliphatic carbocycles. The molecule has 1 fully saturated rings. The Bertz CT molecular complexity index is 704. The van der Waals surface area contributed by atoms with Gasteiger partial charge in [-0.3, -0.25) is 0 Å². The van der Waals surface area contributed by atoms with Gasteiger partial charge in [-0.15, -0.1) is 0 Å². The molecule has 2 aromatic rings. The molecule has 1 aliphatic heterocycles. The van der Waals surface area contributed by atoms with Crippen LogP contribution in [0.1, 0.15) is 51.0 Å². The molecule has 1 saturated heterocycles. The quantitative estimate of drug-likeness (QED) is 0.739. The highest BCUT2D eigenvalue weighted by Gasteiger charge is 2.35. The Kier molecular flexibility index (Phi) is 6.25. The molecular formula is C22H31N3O. The summed E-state index contributed by atoms with van der Waals surface area (Å²) in [6.45, 7) is 6.50. The minimum absolute atomic E-state index is 0.0116. The van der Waals surface area contributed by atoms with Crippen LogP contribution in [0.25, 0.3) is 11.3 Å². The highest BCUT2D eigenvalue weighted by Crippen LogP contribution is 2.38. The third-order valence-electron chi connectivity index (χ3n) is 5.71. The van der Waals surface area contributed by atoms with Gasteiger partial charge in [0.1, 0.15) is 12.1 Å². The van der Waals surface area contributed by atoms with E-state index in [1.165, 1.54) is 19.3 Å². The second-order valence-corrected chi connectivity index (χ2v) is 7.68. The van der Waals surface area contributed by atoms with Crippen LogP contribution in [0.5, 0.6) is 0 Å². The molecule has 0 bridgehead atoms. The lowest BCUT2D eigenvalue weighted by atomic mass is 9.76. The molecule has 0 saturated carbocycles. The van der Waals surface area contributed by atoms with Crippen molar-refractivity contribution < 1.29 is 5.11 Å². The van der Waals surface area contributed by atoms with Crippen molar-refractivity contribution in [1.82, 2.24) is 9.97 Å². The number of anilines is 1. The summed E-state index contributed by atoms with van der Waals surface area (Å²) in [7, 11) is 0. The molecule has 4 heteroatoms. The van der Waals surface area contributed by atoms with Crippen molar-refractivity contribution in [3.05, 3.63) is 42.2 Å². The standard InChI is InChI=1S/C22H31N3O/c1-3-4-8-12-22(16-26)13-9-14-25(15-22)21-18(2)20(23-17-24-21)19-10-6-5-7-11-19/h5-7,10-11,17,26H,3-4,8-9,12-16H2,1-2H3. The van der Waals surface area contributed by atoms with Crippen molar-refractivity contribution in [2.45, 2.75) is 52.4 Å². The van der Waals surface area contributed by atoms with Gasteiger partial charge in [0.2, 0.25) is 0 Å². The molecule has 0 radical (unpaired) electrons. The molecule has 1 unspecified atom stereocenters. The molecule has 26 heavy (non-hydrogen) atoms. The van der Waals surface area contributed by atoms with Crippen LogP contribution in [0.15, 0.2) is 36.7 Å². The Labute approximate surface area is 157 Å². The molecule has 3 rings (SSSR count). The number of nitrogens with zero attached hydrogens (tertiary/aromatic N) is 3. The second-order valence-electron chi connectivity index (χ2n) is 7.68. The van der Waals surface area contributed by atoms with E-state index in [2.05, 4.69) is 40.8 Å². The summed E-state index contributed by atoms with van der Waals surface area (Å²) in [6.07, 6.45) is 8.66. The SMILES string of the molecule is CCCCCC1(CO)CCCN(c2ncnc(-c3ccccc3)c2C)C1. The van der Waals surface area contributed by atoms with E-state index >= 15 is 0 Å². The Hall–Kier alpha value is -1.94. The number of piperidine rings is 1. The van der Waals surface area contributed by atoms with Crippen LogP contribution in [0, 0.1) is 12.3 Å². The van der Waals surface area contributed by atoms with Gasteiger partial charge in [0.05, 0.1) is 12.3 Å². The summed E-state index contributed by atoms with van der Waals surface area (Å²) in [5, 5.41) is 10.1. The van der Waals surface area contributed by atoms with Crippen molar-refractivity contribution >= 4 is 5.82 Å². The molecule has 1 N–H and O–H groups in total. The van der Waals surface area contributed by atoms with E-state index in [0.29, 0.717) is 0 Å². The fourth-order valence-corrected chi connectivity index (χ4v) is 4.20. The normalized spacial score (nSPS) is 20.3. The Morgan fingerprint density at radius 2 is 1.96 bits per heavy atom. The van der Waals surface area contributed by atoms with Gasteiger partial charge in [-0.05, 0) is 26.2 Å². The third-order valence-corrected chi connectivity index (χ3v) is 5.71. The first kappa shape index (κ1) is 18.8. The van der Waals surface area contributed by atoms with Gasteiger partial charge >= 0.3 is 0 Å². The number of aromatic nitrogens is 2. The molecule has 4 nitrogen and oxygen atoms in total. The van der Waals surface area contributed by atoms with E-state index in [1.54, 1.807) is 6.33 Å². The largest absolute Gasteiger partial charge is 0.396 e. The first-order valence-corrected chi connectivity index (χ1v) is 9.92. The molecule has 1 atom stereocenters. The van der Waals surface area contributed by atoms with Crippen LogP contribution in [-0.2, 0) is 0 Å². The van der Waals surface area contributed by atoms with E-state index in [0.717, 1.165) is 55.0 Å². The summed E-state index contributed by atoms with van der Waals surface area (Å²) >= 11 is 0. The van der Waals surface area contributed by atoms with E-state index < -0.39 is 0 Å². The van der Waals surface area contributed by atoms with E-state index in [4.69, 9.17) is 0 Å². The minimum Gasteiger partial charge on any atom is -0.396 e. The van der Waals surface area contributed by atoms with E-state index in [-0.39, 0.29) is 12.0 Å². The number of aliphatic hydroxyl groups excluding tert-OH is 1. The van der Waals surface area contributed by atoms with Crippen LogP contribution in [0.3, 0.4) is 0 Å². The maximum Gasteiger partial charge on any atom is 0.135 e. The van der Waals surface area contributed by atoms with Gasteiger partial charge in [-0.25, -0.2) is 9.97 Å². The molecule has 1 aromatic heterocycles. The zero-order valence-electron chi connectivity index (χ0n) is 16.1. The lowest BCUT2D eigenvalue weighted by Gasteiger charge is -2.43. The lowest BCUT2D eigenvalue weighted by molar-refractivity contribution is 0.0931. The van der Waals surface area contributed by atoms with Gasteiger partial charge in [-0.2, -0.15) is 0 Å². The molecule has 1 aliphatic rings. The summed E-state index contributed by atoms with van der Waals surface area (Å²) in [6, 6.07) is 10.3. The first-order valence-electron chi connectivity index (χ1n) is 9.92. The maximum absolute atomic E-state index is 10.1. The molecule has 0 amide bonds. The van der Waals surface area contributed by atoms with Crippen molar-refractivity contribution in [2.24, 2.45) is 5.41 Å². The van der Waals surface area contributed by atoms with Gasteiger partial charge in [0.25, 0.3) is 0 Å². The predicted molar refractivity (Wildman–Crippen MR) is 107 cm³/mol. The predicted octanol–water partition coefficient (Wildman–Crippen LogP) is 4.61. The Morgan fingerprint density at radius 3 is 2.69 bits per heavy atom. The summed E-state index contributed by atoms with van der Waals surface area (Å²) in [5.74, 6) is 1.02. The minimum atomic E-state index is 0.0116. The van der Waals surface area contributed by atoms with E-state index in [1.807, 2.05) is 18.2 Å². The monoisotopic (exact) mass is 353 g/mol. The van der Waals surface area contributed by atoms with Crippen molar-refractivity contribution in [1.29, 1.82) is 0 Å². The summed E-state index contributed by atoms with van der Waals surface area (Å²) in [4.78, 5) is 11.5. The van der Waals surface area contributed by atoms with Gasteiger partial charge in [-0.1, -0.05) is 56.5 Å². The highest BCUT2D eigenvalue weighted by atomic mass is 16.3. The zero-order valence-corrected chi connectivity index (χ0v) is 16.1. The van der Waals surface area contributed by atoms with Crippen LogP contribution < -0.4 is 4.90 Å². The lowest BCUT2D eigenvalue weighted by Crippen LogP contribution is -2.46. The van der Waals surface area contributed by atoms with Crippen molar-refractivity contribution in [3.63, 3.8) is 0 Å². The number of hydrogen-bond acceptors (Lipinski definition) is 4. The molecular weight excluding hydrogens is 322 g/mol. The van der Waals surface area contributed by atoms with Gasteiger partial charge in [0, 0.05) is 29.6 Å². The van der Waals surface area contributed by atoms with Crippen molar-refractivity contribution in [2.75, 3.05) is 24.6 Å². The molecule has 1 aromatic carbocycles. The Balaban J connectivity index is 1.84. The fraction of sp³-hybridized carbons (Fsp3) is 0.545. The maximum atomic E-state index is 10.1. The number of hydrogen-bond donors (Lipinski definition) is 1. The molecule has 140 valence electrons. The number of unbranched alkanes of at least 4 members (excludes halogenated alkanes) is 2. The molecule has 2 heterocycles. The average Bonchev–Trinajstić information content (AvgIpc) is 2.69. The number of aliphatic hydroxyl groups is 1. The zero-order chi connectivity index (χ0) is 18.4. The van der Waals surface area contributed by atoms with Crippen LogP contribution in [0.4, 0.5) is 5.82 Å². The van der Waals surface area contributed by atoms with Gasteiger partial charge < -0.3 is 10.0 Å².